The minimum atomic E-state index is -5.46. The number of rotatable bonds is 0. The molecule has 10 atom stereocenters. The van der Waals surface area contributed by atoms with Crippen LogP contribution in [0.3, 0.4) is 0 Å². The zero-order chi connectivity index (χ0) is 26.2. The van der Waals surface area contributed by atoms with Crippen LogP contribution >= 0.6 is 39.0 Å². The maximum atomic E-state index is 12.2. The lowest BCUT2D eigenvalue weighted by Gasteiger charge is -2.26. The van der Waals surface area contributed by atoms with Crippen LogP contribution in [0, 0.1) is 0 Å². The van der Waals surface area contributed by atoms with E-state index in [1.165, 1.54) is 10.9 Å². The molecule has 0 amide bonds. The number of phosphoric ester groups is 2. The Kier molecular flexibility index (Phi) is 6.93. The minimum absolute atomic E-state index is 0.0351. The van der Waals surface area contributed by atoms with E-state index in [0.29, 0.717) is 0 Å². The van der Waals surface area contributed by atoms with Crippen molar-refractivity contribution in [3.63, 3.8) is 0 Å². The molecule has 2 fully saturated rings. The molecule has 0 spiro atoms. The molecule has 0 aliphatic carbocycles. The zero-order valence-electron chi connectivity index (χ0n) is 17.8. The predicted octanol–water partition coefficient (Wildman–Crippen LogP) is -2.46. The number of halogens is 1. The third kappa shape index (κ3) is 4.58. The van der Waals surface area contributed by atoms with E-state index in [1.807, 2.05) is 0 Å². The minimum Gasteiger partial charge on any atom is -0.756 e. The molecule has 6 rings (SSSR count). The van der Waals surface area contributed by atoms with Gasteiger partial charge in [-0.15, -0.1) is 11.8 Å². The highest BCUT2D eigenvalue weighted by Gasteiger charge is 2.49. The van der Waals surface area contributed by atoms with Crippen molar-refractivity contribution in [2.45, 2.75) is 47.4 Å². The Balaban J connectivity index is 1.60. The third-order valence-corrected chi connectivity index (χ3v) is 10.3. The van der Waals surface area contributed by atoms with E-state index in [4.69, 9.17) is 22.1 Å². The Morgan fingerprint density at radius 3 is 2.61 bits per heavy atom. The summed E-state index contributed by atoms with van der Waals surface area (Å²) < 4.78 is 45.7. The Bertz CT molecular complexity index is 1290. The van der Waals surface area contributed by atoms with Gasteiger partial charge in [0.2, 0.25) is 17.3 Å². The molecule has 200 valence electrons. The summed E-state index contributed by atoms with van der Waals surface area (Å²) in [6.45, 7) is -1.62. The van der Waals surface area contributed by atoms with E-state index in [1.54, 1.807) is 0 Å². The van der Waals surface area contributed by atoms with Crippen LogP contribution in [0.25, 0.3) is 11.2 Å². The maximum absolute atomic E-state index is 12.2. The molecule has 2 unspecified atom stereocenters. The summed E-state index contributed by atoms with van der Waals surface area (Å²) in [5.74, 6) is -0.0425. The number of thioether (sulfide) groups is 1. The quantitative estimate of drug-likeness (QED) is 0.105. The normalized spacial score (nSPS) is 43.8. The largest absolute Gasteiger partial charge is 0.756 e. The van der Waals surface area contributed by atoms with Crippen molar-refractivity contribution < 1.29 is 62.0 Å². The predicted molar refractivity (Wildman–Crippen MR) is 116 cm³/mol. The van der Waals surface area contributed by atoms with Gasteiger partial charge in [-0.3, -0.25) is 13.7 Å². The SMILES string of the molecule is Nc1c2nc(Cl)n3c2nc[n+]1[C@@H]1S[C@H](COP(=O)([O-])OP(=O)(O)OC[C@H]2O[C@@H]3[C@H](O)[C@@H]2O)[C@@H](O)[C@H]1O. The Morgan fingerprint density at radius 2 is 1.89 bits per heavy atom. The fourth-order valence-corrected chi connectivity index (χ4v) is 7.98. The standard InChI is InChI=1S/C15H20ClN5O12P2S/c16-15-19-6-11(17)20-3-18-12(6)21(15)13-9(24)7(22)4(32-13)1-30-34(26,27)33-35(28,29)31-2-5-8(23)10(25)14(20)36-5/h3-5,7-10,13-14,17,22-25H,1-2H2,(H2,26,27,28,29)/t4-,5-,7-,8-,9-,10-,13-,14-/m1/s1. The highest BCUT2D eigenvalue weighted by molar-refractivity contribution is 8.00. The van der Waals surface area contributed by atoms with E-state index < -0.39 is 76.2 Å². The molecule has 0 saturated carbocycles. The lowest BCUT2D eigenvalue weighted by atomic mass is 10.1. The summed E-state index contributed by atoms with van der Waals surface area (Å²) in [6.07, 6.45) is -7.91. The van der Waals surface area contributed by atoms with E-state index in [9.17, 15) is 39.3 Å². The van der Waals surface area contributed by atoms with E-state index >= 15 is 0 Å². The number of hydrogen-bond donors (Lipinski definition) is 6. The Morgan fingerprint density at radius 1 is 1.17 bits per heavy atom. The summed E-state index contributed by atoms with van der Waals surface area (Å²) in [5.41, 5.74) is 6.33. The molecule has 6 heterocycles. The number of aliphatic hydroxyl groups is 4. The van der Waals surface area contributed by atoms with Crippen LogP contribution < -0.4 is 15.2 Å². The number of aromatic nitrogens is 4. The van der Waals surface area contributed by atoms with Crippen molar-refractivity contribution >= 4 is 56.0 Å². The number of fused-ring (bicyclic) bond motifs is 7. The van der Waals surface area contributed by atoms with Gasteiger partial charge in [0.05, 0.1) is 24.6 Å². The molecule has 17 nitrogen and oxygen atoms in total. The maximum Gasteiger partial charge on any atom is 0.478 e. The van der Waals surface area contributed by atoms with Crippen molar-refractivity contribution in [1.29, 1.82) is 0 Å². The Labute approximate surface area is 210 Å². The van der Waals surface area contributed by atoms with Gasteiger partial charge in [0.1, 0.15) is 24.4 Å². The number of phosphoric acid groups is 2. The van der Waals surface area contributed by atoms with Crippen molar-refractivity contribution in [2.75, 3.05) is 18.9 Å². The third-order valence-electron chi connectivity index (χ3n) is 5.87. The second-order valence-corrected chi connectivity index (χ2v) is 12.8. The molecule has 2 aromatic rings. The summed E-state index contributed by atoms with van der Waals surface area (Å²) in [7, 11) is -10.8. The second kappa shape index (κ2) is 9.36. The highest BCUT2D eigenvalue weighted by Crippen LogP contribution is 2.59. The van der Waals surface area contributed by atoms with Crippen LogP contribution in [0.4, 0.5) is 5.82 Å². The number of hydrogen-bond acceptors (Lipinski definition) is 15. The average molecular weight is 592 g/mol. The van der Waals surface area contributed by atoms with Crippen LogP contribution in [0.15, 0.2) is 6.33 Å². The fourth-order valence-electron chi connectivity index (χ4n) is 4.11. The van der Waals surface area contributed by atoms with E-state index in [-0.39, 0.29) is 22.3 Å². The van der Waals surface area contributed by atoms with Gasteiger partial charge in [0, 0.05) is 0 Å². The summed E-state index contributed by atoms with van der Waals surface area (Å²) >= 11 is 7.15. The number of ether oxygens (including phenoxy) is 1. The van der Waals surface area contributed by atoms with Gasteiger partial charge in [0.25, 0.3) is 13.6 Å². The molecule has 36 heavy (non-hydrogen) atoms. The zero-order valence-corrected chi connectivity index (χ0v) is 21.1. The van der Waals surface area contributed by atoms with E-state index in [0.717, 1.165) is 16.3 Å². The first kappa shape index (κ1) is 26.6. The number of aliphatic hydroxyl groups excluding tert-OH is 4. The molecule has 0 radical (unpaired) electrons. The van der Waals surface area contributed by atoms with Crippen LogP contribution in [-0.4, -0.2) is 88.8 Å². The van der Waals surface area contributed by atoms with Gasteiger partial charge in [-0.2, -0.15) is 0 Å². The fraction of sp³-hybridized carbons (Fsp3) is 0.667. The van der Waals surface area contributed by atoms with Crippen LogP contribution in [-0.2, 0) is 27.2 Å². The highest BCUT2D eigenvalue weighted by atomic mass is 35.5. The molecule has 21 heteroatoms. The van der Waals surface area contributed by atoms with Crippen LogP contribution in [0.5, 0.6) is 0 Å². The van der Waals surface area contributed by atoms with Gasteiger partial charge < -0.3 is 45.2 Å². The number of nitrogens with zero attached hydrogens (tertiary/aromatic N) is 4. The molecule has 2 aromatic heterocycles. The topological polar surface area (TPSA) is 256 Å². The molecule has 8 bridgehead atoms. The van der Waals surface area contributed by atoms with Crippen molar-refractivity contribution in [2.24, 2.45) is 0 Å². The molecule has 7 N–H and O–H groups in total. The first-order valence-electron chi connectivity index (χ1n) is 10.2. The van der Waals surface area contributed by atoms with Crippen molar-refractivity contribution in [3.8, 4) is 0 Å². The average Bonchev–Trinajstić information content (AvgIpc) is 3.37. The second-order valence-electron chi connectivity index (χ2n) is 8.14. The van der Waals surface area contributed by atoms with Gasteiger partial charge in [-0.1, -0.05) is 4.98 Å². The van der Waals surface area contributed by atoms with Gasteiger partial charge >= 0.3 is 7.82 Å². The molecular weight excluding hydrogens is 572 g/mol. The number of anilines is 1. The van der Waals surface area contributed by atoms with Crippen LogP contribution in [0.1, 0.15) is 11.6 Å². The summed E-state index contributed by atoms with van der Waals surface area (Å²) in [4.78, 5) is 30.3. The first-order chi connectivity index (χ1) is 16.8. The first-order valence-corrected chi connectivity index (χ1v) is 14.5. The van der Waals surface area contributed by atoms with Crippen LogP contribution in [0.2, 0.25) is 5.28 Å². The number of imidazole rings is 1. The van der Waals surface area contributed by atoms with Gasteiger partial charge in [-0.05, 0) is 11.6 Å². The summed E-state index contributed by atoms with van der Waals surface area (Å²) in [6, 6.07) is 0. The lowest BCUT2D eigenvalue weighted by molar-refractivity contribution is -0.694. The molecule has 4 aliphatic rings. The monoisotopic (exact) mass is 591 g/mol. The smallest absolute Gasteiger partial charge is 0.478 e. The molecule has 2 saturated heterocycles. The number of nitrogen functional groups attached to an aromatic ring is 1. The van der Waals surface area contributed by atoms with E-state index in [2.05, 4.69) is 23.3 Å². The van der Waals surface area contributed by atoms with Crippen molar-refractivity contribution in [1.82, 2.24) is 14.5 Å². The Hall–Kier alpha value is -0.950. The molecule has 0 aromatic carbocycles. The van der Waals surface area contributed by atoms with Gasteiger partial charge in [0.15, 0.2) is 17.1 Å². The summed E-state index contributed by atoms with van der Waals surface area (Å²) in [5, 5.41) is 39.7. The number of nitrogens with two attached hydrogens (primary N) is 1. The molecule has 4 aliphatic heterocycles. The molecular formula is C15H20ClN5O12P2S. The lowest BCUT2D eigenvalue weighted by Crippen LogP contribution is -2.47. The van der Waals surface area contributed by atoms with Crippen molar-refractivity contribution in [3.05, 3.63) is 11.6 Å². The van der Waals surface area contributed by atoms with Gasteiger partial charge in [-0.25, -0.2) is 18.4 Å².